The maximum Gasteiger partial charge on any atom is 0.236 e. The van der Waals surface area contributed by atoms with Gasteiger partial charge in [-0.3, -0.25) is 9.59 Å². The van der Waals surface area contributed by atoms with Gasteiger partial charge >= 0.3 is 0 Å². The molecule has 2 fully saturated rings. The number of piperidine rings is 1. The van der Waals surface area contributed by atoms with E-state index in [2.05, 4.69) is 12.2 Å². The zero-order valence-corrected chi connectivity index (χ0v) is 14.4. The normalized spacial score (nSPS) is 23.2. The standard InChI is InChI=1S/C19H27N3O2/c1-2-17(15-7-4-3-5-8-15)19(24)21-11-6-9-16(14-21)22-12-10-20-13-18(22)23/h3-5,7-8,16-17,20H,2,6,9-14H2,1H3. The van der Waals surface area contributed by atoms with Gasteiger partial charge < -0.3 is 15.1 Å². The van der Waals surface area contributed by atoms with E-state index in [9.17, 15) is 9.59 Å². The summed E-state index contributed by atoms with van der Waals surface area (Å²) in [6, 6.07) is 10.2. The molecule has 2 heterocycles. The van der Waals surface area contributed by atoms with Gasteiger partial charge in [-0.15, -0.1) is 0 Å². The number of rotatable bonds is 4. The number of benzene rings is 1. The van der Waals surface area contributed by atoms with Crippen molar-refractivity contribution in [2.24, 2.45) is 0 Å². The van der Waals surface area contributed by atoms with Crippen molar-refractivity contribution in [3.8, 4) is 0 Å². The number of piperazine rings is 1. The van der Waals surface area contributed by atoms with Crippen molar-refractivity contribution in [1.29, 1.82) is 0 Å². The van der Waals surface area contributed by atoms with Gasteiger partial charge in [-0.2, -0.15) is 0 Å². The van der Waals surface area contributed by atoms with Gasteiger partial charge in [0.25, 0.3) is 0 Å². The lowest BCUT2D eigenvalue weighted by Gasteiger charge is -2.42. The molecule has 2 amide bonds. The van der Waals surface area contributed by atoms with Crippen LogP contribution in [0.2, 0.25) is 0 Å². The molecule has 0 aromatic heterocycles. The van der Waals surface area contributed by atoms with Crippen LogP contribution in [-0.2, 0) is 9.59 Å². The summed E-state index contributed by atoms with van der Waals surface area (Å²) in [5.74, 6) is 0.287. The Morgan fingerprint density at radius 3 is 2.79 bits per heavy atom. The smallest absolute Gasteiger partial charge is 0.236 e. The summed E-state index contributed by atoms with van der Waals surface area (Å²) in [5.41, 5.74) is 1.09. The largest absolute Gasteiger partial charge is 0.340 e. The molecule has 2 aliphatic heterocycles. The lowest BCUT2D eigenvalue weighted by molar-refractivity contribution is -0.141. The van der Waals surface area contributed by atoms with E-state index in [1.54, 1.807) is 0 Å². The Labute approximate surface area is 144 Å². The molecule has 130 valence electrons. The fourth-order valence-electron chi connectivity index (χ4n) is 3.88. The molecule has 5 heteroatoms. The monoisotopic (exact) mass is 329 g/mol. The Kier molecular flexibility index (Phi) is 5.51. The number of nitrogens with one attached hydrogen (secondary N) is 1. The second-order valence-corrected chi connectivity index (χ2v) is 6.72. The van der Waals surface area contributed by atoms with Gasteiger partial charge in [0.05, 0.1) is 12.5 Å². The second-order valence-electron chi connectivity index (χ2n) is 6.72. The molecule has 1 N–H and O–H groups in total. The average Bonchev–Trinajstić information content (AvgIpc) is 2.64. The molecule has 0 saturated carbocycles. The van der Waals surface area contributed by atoms with E-state index in [1.807, 2.05) is 40.1 Å². The van der Waals surface area contributed by atoms with E-state index in [-0.39, 0.29) is 23.8 Å². The summed E-state index contributed by atoms with van der Waals surface area (Å²) in [4.78, 5) is 29.1. The third-order valence-corrected chi connectivity index (χ3v) is 5.18. The van der Waals surface area contributed by atoms with Crippen LogP contribution in [0.15, 0.2) is 30.3 Å². The summed E-state index contributed by atoms with van der Waals surface area (Å²) in [6.45, 7) is 5.56. The number of carbonyl (C=O) groups is 2. The number of nitrogens with zero attached hydrogens (tertiary/aromatic N) is 2. The second kappa shape index (κ2) is 7.79. The zero-order valence-electron chi connectivity index (χ0n) is 14.4. The molecule has 0 spiro atoms. The molecule has 5 nitrogen and oxygen atoms in total. The molecule has 0 radical (unpaired) electrons. The lowest BCUT2D eigenvalue weighted by atomic mass is 9.93. The number of hydrogen-bond acceptors (Lipinski definition) is 3. The molecule has 2 saturated heterocycles. The van der Waals surface area contributed by atoms with Crippen LogP contribution in [-0.4, -0.2) is 60.4 Å². The maximum absolute atomic E-state index is 13.0. The van der Waals surface area contributed by atoms with Gasteiger partial charge in [-0.1, -0.05) is 37.3 Å². The van der Waals surface area contributed by atoms with Crippen molar-refractivity contribution >= 4 is 11.8 Å². The first-order chi connectivity index (χ1) is 11.7. The van der Waals surface area contributed by atoms with Crippen LogP contribution in [0.4, 0.5) is 0 Å². The fraction of sp³-hybridized carbons (Fsp3) is 0.579. The zero-order chi connectivity index (χ0) is 16.9. The Morgan fingerprint density at radius 1 is 1.29 bits per heavy atom. The molecule has 24 heavy (non-hydrogen) atoms. The van der Waals surface area contributed by atoms with Crippen molar-refractivity contribution in [3.63, 3.8) is 0 Å². The molecule has 2 aliphatic rings. The molecule has 2 atom stereocenters. The molecule has 1 aromatic carbocycles. The van der Waals surface area contributed by atoms with Gasteiger partial charge in [0.1, 0.15) is 0 Å². The first-order valence-electron chi connectivity index (χ1n) is 9.04. The van der Waals surface area contributed by atoms with Crippen molar-refractivity contribution in [3.05, 3.63) is 35.9 Å². The van der Waals surface area contributed by atoms with E-state index in [0.717, 1.165) is 44.5 Å². The van der Waals surface area contributed by atoms with Crippen LogP contribution in [0.5, 0.6) is 0 Å². The molecule has 0 bridgehead atoms. The van der Waals surface area contributed by atoms with E-state index in [1.165, 1.54) is 0 Å². The summed E-state index contributed by atoms with van der Waals surface area (Å²) in [6.07, 6.45) is 2.77. The predicted octanol–water partition coefficient (Wildman–Crippen LogP) is 1.60. The number of carbonyl (C=O) groups excluding carboxylic acids is 2. The van der Waals surface area contributed by atoms with Crippen molar-refractivity contribution in [2.45, 2.75) is 38.1 Å². The molecular formula is C19H27N3O2. The fourth-order valence-corrected chi connectivity index (χ4v) is 3.88. The summed E-state index contributed by atoms with van der Waals surface area (Å²) in [5, 5.41) is 3.11. The third kappa shape index (κ3) is 3.61. The molecule has 3 rings (SSSR count). The number of likely N-dealkylation sites (tertiary alicyclic amines) is 1. The van der Waals surface area contributed by atoms with Crippen molar-refractivity contribution in [2.75, 3.05) is 32.7 Å². The van der Waals surface area contributed by atoms with Gasteiger partial charge in [0, 0.05) is 32.2 Å². The van der Waals surface area contributed by atoms with Crippen LogP contribution in [0.3, 0.4) is 0 Å². The maximum atomic E-state index is 13.0. The van der Waals surface area contributed by atoms with Crippen LogP contribution in [0.25, 0.3) is 0 Å². The van der Waals surface area contributed by atoms with E-state index in [4.69, 9.17) is 0 Å². The topological polar surface area (TPSA) is 52.7 Å². The van der Waals surface area contributed by atoms with E-state index in [0.29, 0.717) is 13.1 Å². The van der Waals surface area contributed by atoms with Gasteiger partial charge in [-0.25, -0.2) is 0 Å². The summed E-state index contributed by atoms with van der Waals surface area (Å²) >= 11 is 0. The summed E-state index contributed by atoms with van der Waals surface area (Å²) in [7, 11) is 0. The predicted molar refractivity (Wildman–Crippen MR) is 93.7 cm³/mol. The van der Waals surface area contributed by atoms with Crippen LogP contribution >= 0.6 is 0 Å². The Balaban J connectivity index is 1.69. The first kappa shape index (κ1) is 17.0. The van der Waals surface area contributed by atoms with Crippen LogP contribution in [0.1, 0.15) is 37.7 Å². The summed E-state index contributed by atoms with van der Waals surface area (Å²) < 4.78 is 0. The highest BCUT2D eigenvalue weighted by molar-refractivity contribution is 5.84. The molecule has 1 aromatic rings. The molecule has 0 aliphatic carbocycles. The van der Waals surface area contributed by atoms with Gasteiger partial charge in [0.15, 0.2) is 0 Å². The van der Waals surface area contributed by atoms with Gasteiger partial charge in [-0.05, 0) is 24.8 Å². The molecular weight excluding hydrogens is 302 g/mol. The highest BCUT2D eigenvalue weighted by Crippen LogP contribution is 2.25. The number of hydrogen-bond donors (Lipinski definition) is 1. The lowest BCUT2D eigenvalue weighted by Crippen LogP contribution is -2.57. The quantitative estimate of drug-likeness (QED) is 0.913. The first-order valence-corrected chi connectivity index (χ1v) is 9.04. The highest BCUT2D eigenvalue weighted by Gasteiger charge is 2.33. The Bertz CT molecular complexity index is 575. The third-order valence-electron chi connectivity index (χ3n) is 5.18. The van der Waals surface area contributed by atoms with Crippen molar-refractivity contribution in [1.82, 2.24) is 15.1 Å². The average molecular weight is 329 g/mol. The van der Waals surface area contributed by atoms with Crippen LogP contribution in [0, 0.1) is 0 Å². The van der Waals surface area contributed by atoms with Crippen molar-refractivity contribution < 1.29 is 9.59 Å². The van der Waals surface area contributed by atoms with E-state index < -0.39 is 0 Å². The Hall–Kier alpha value is -1.88. The highest BCUT2D eigenvalue weighted by atomic mass is 16.2. The van der Waals surface area contributed by atoms with E-state index >= 15 is 0 Å². The number of amides is 2. The van der Waals surface area contributed by atoms with Gasteiger partial charge in [0.2, 0.25) is 11.8 Å². The minimum atomic E-state index is -0.0799. The Morgan fingerprint density at radius 2 is 2.08 bits per heavy atom. The minimum Gasteiger partial charge on any atom is -0.340 e. The molecule has 2 unspecified atom stereocenters. The van der Waals surface area contributed by atoms with Crippen LogP contribution < -0.4 is 5.32 Å². The minimum absolute atomic E-state index is 0.0799. The SMILES string of the molecule is CCC(C(=O)N1CCCC(N2CCNCC2=O)C1)c1ccccc1.